The highest BCUT2D eigenvalue weighted by Gasteiger charge is 2.45. The van der Waals surface area contributed by atoms with Gasteiger partial charge in [0.05, 0.1) is 19.1 Å². The van der Waals surface area contributed by atoms with Gasteiger partial charge < -0.3 is 9.47 Å². The third kappa shape index (κ3) is 3.68. The largest absolute Gasteiger partial charge is 0.495 e. The minimum atomic E-state index is -3.80. The lowest BCUT2D eigenvalue weighted by Gasteiger charge is -2.44. The maximum atomic E-state index is 13.2. The standard InChI is InChI=1S/C21H21Cl2NO5S/c1-13-9-15(23)10-16-17(25)12-21(29-20(13)16)5-7-24(8-6-21)30(26,27)19-11-14(22)3-4-18(19)28-2/h3-4,9-11H,5-8,12H2,1-2H3. The van der Waals surface area contributed by atoms with Gasteiger partial charge in [0.15, 0.2) is 5.78 Å². The number of hydrogen-bond donors (Lipinski definition) is 0. The molecular formula is C21H21Cl2NO5S. The predicted octanol–water partition coefficient (Wildman–Crippen LogP) is 4.50. The van der Waals surface area contributed by atoms with Gasteiger partial charge in [0.25, 0.3) is 0 Å². The SMILES string of the molecule is COc1ccc(Cl)cc1S(=O)(=O)N1CCC2(CC1)CC(=O)c1cc(Cl)cc(C)c1O2. The molecule has 2 aliphatic rings. The van der Waals surface area contributed by atoms with Gasteiger partial charge in [-0.1, -0.05) is 23.2 Å². The number of ether oxygens (including phenoxy) is 2. The highest BCUT2D eigenvalue weighted by Crippen LogP contribution is 2.43. The zero-order chi connectivity index (χ0) is 21.7. The molecule has 1 saturated heterocycles. The fourth-order valence-corrected chi connectivity index (χ4v) is 6.25. The van der Waals surface area contributed by atoms with Gasteiger partial charge in [-0.25, -0.2) is 8.42 Å². The number of carbonyl (C=O) groups is 1. The molecule has 2 heterocycles. The number of benzene rings is 2. The zero-order valence-electron chi connectivity index (χ0n) is 16.6. The van der Waals surface area contributed by atoms with Crippen molar-refractivity contribution in [2.75, 3.05) is 20.2 Å². The second-order valence-electron chi connectivity index (χ2n) is 7.68. The van der Waals surface area contributed by atoms with E-state index in [1.165, 1.54) is 23.5 Å². The molecule has 30 heavy (non-hydrogen) atoms. The molecule has 0 unspecified atom stereocenters. The van der Waals surface area contributed by atoms with Crippen molar-refractivity contribution in [1.29, 1.82) is 0 Å². The van der Waals surface area contributed by atoms with E-state index in [1.54, 1.807) is 18.2 Å². The van der Waals surface area contributed by atoms with E-state index in [1.807, 2.05) is 6.92 Å². The molecule has 0 N–H and O–H groups in total. The summed E-state index contributed by atoms with van der Waals surface area (Å²) in [6.45, 7) is 2.31. The summed E-state index contributed by atoms with van der Waals surface area (Å²) in [5, 5.41) is 0.811. The summed E-state index contributed by atoms with van der Waals surface area (Å²) in [5.74, 6) is 0.753. The number of sulfonamides is 1. The van der Waals surface area contributed by atoms with E-state index in [2.05, 4.69) is 0 Å². The number of nitrogens with zero attached hydrogens (tertiary/aromatic N) is 1. The van der Waals surface area contributed by atoms with Crippen LogP contribution >= 0.6 is 23.2 Å². The number of piperidine rings is 1. The third-order valence-electron chi connectivity index (χ3n) is 5.72. The number of fused-ring (bicyclic) bond motifs is 1. The van der Waals surface area contributed by atoms with Gasteiger partial charge in [0, 0.05) is 36.0 Å². The lowest BCUT2D eigenvalue weighted by Crippen LogP contribution is -2.52. The normalized spacial score (nSPS) is 18.7. The van der Waals surface area contributed by atoms with E-state index >= 15 is 0 Å². The van der Waals surface area contributed by atoms with Crippen LogP contribution in [0.5, 0.6) is 11.5 Å². The van der Waals surface area contributed by atoms with E-state index < -0.39 is 15.6 Å². The Morgan fingerprint density at radius 3 is 2.47 bits per heavy atom. The Kier molecular flexibility index (Phi) is 5.51. The minimum absolute atomic E-state index is 0.0323. The van der Waals surface area contributed by atoms with Gasteiger partial charge in [0.2, 0.25) is 10.0 Å². The third-order valence-corrected chi connectivity index (χ3v) is 8.09. The van der Waals surface area contributed by atoms with Crippen LogP contribution in [-0.4, -0.2) is 44.3 Å². The van der Waals surface area contributed by atoms with Crippen molar-refractivity contribution in [1.82, 2.24) is 4.31 Å². The number of ketones is 1. The van der Waals surface area contributed by atoms with Crippen LogP contribution < -0.4 is 9.47 Å². The fraction of sp³-hybridized carbons (Fsp3) is 0.381. The highest BCUT2D eigenvalue weighted by atomic mass is 35.5. The molecule has 2 aromatic rings. The summed E-state index contributed by atoms with van der Waals surface area (Å²) < 4.78 is 39.3. The van der Waals surface area contributed by atoms with Gasteiger partial charge in [-0.15, -0.1) is 0 Å². The number of rotatable bonds is 3. The van der Waals surface area contributed by atoms with Gasteiger partial charge in [-0.2, -0.15) is 4.31 Å². The van der Waals surface area contributed by atoms with Crippen molar-refractivity contribution in [2.45, 2.75) is 36.7 Å². The first-order valence-corrected chi connectivity index (χ1v) is 11.7. The van der Waals surface area contributed by atoms with Crippen LogP contribution in [0.25, 0.3) is 0 Å². The molecule has 9 heteroatoms. The molecule has 0 bridgehead atoms. The molecule has 6 nitrogen and oxygen atoms in total. The fourth-order valence-electron chi connectivity index (χ4n) is 4.12. The first-order chi connectivity index (χ1) is 14.1. The van der Waals surface area contributed by atoms with Crippen molar-refractivity contribution >= 4 is 39.0 Å². The molecule has 1 fully saturated rings. The molecule has 4 rings (SSSR count). The van der Waals surface area contributed by atoms with Crippen molar-refractivity contribution in [3.63, 3.8) is 0 Å². The van der Waals surface area contributed by atoms with Crippen LogP contribution in [0.4, 0.5) is 0 Å². The van der Waals surface area contributed by atoms with Crippen LogP contribution in [0.15, 0.2) is 35.2 Å². The molecule has 0 aliphatic carbocycles. The van der Waals surface area contributed by atoms with E-state index in [0.717, 1.165) is 5.56 Å². The van der Waals surface area contributed by atoms with Gasteiger partial charge in [-0.3, -0.25) is 4.79 Å². The summed E-state index contributed by atoms with van der Waals surface area (Å²) in [4.78, 5) is 12.8. The second kappa shape index (κ2) is 7.71. The second-order valence-corrected chi connectivity index (χ2v) is 10.5. The molecule has 160 valence electrons. The van der Waals surface area contributed by atoms with Crippen LogP contribution in [0, 0.1) is 6.92 Å². The quantitative estimate of drug-likeness (QED) is 0.661. The molecule has 1 spiro atoms. The predicted molar refractivity (Wildman–Crippen MR) is 114 cm³/mol. The van der Waals surface area contributed by atoms with Crippen molar-refractivity contribution in [3.8, 4) is 11.5 Å². The van der Waals surface area contributed by atoms with Crippen LogP contribution in [0.1, 0.15) is 35.2 Å². The number of hydrogen-bond acceptors (Lipinski definition) is 5. The number of Topliss-reactive ketones (excluding diaryl/α,β-unsaturated/α-hetero) is 1. The zero-order valence-corrected chi connectivity index (χ0v) is 18.9. The van der Waals surface area contributed by atoms with Crippen LogP contribution in [0.2, 0.25) is 10.0 Å². The van der Waals surface area contributed by atoms with E-state index in [9.17, 15) is 13.2 Å². The molecule has 0 saturated carbocycles. The average molecular weight is 470 g/mol. The molecule has 0 atom stereocenters. The highest BCUT2D eigenvalue weighted by molar-refractivity contribution is 7.89. The summed E-state index contributed by atoms with van der Waals surface area (Å²) in [6, 6.07) is 7.90. The maximum absolute atomic E-state index is 13.2. The van der Waals surface area contributed by atoms with E-state index in [4.69, 9.17) is 32.7 Å². The molecule has 2 aliphatic heterocycles. The number of aryl methyl sites for hydroxylation is 1. The summed E-state index contributed by atoms with van der Waals surface area (Å²) in [6.07, 6.45) is 1.01. The Bertz CT molecular complexity index is 1120. The summed E-state index contributed by atoms with van der Waals surface area (Å²) >= 11 is 12.1. The molecule has 0 aromatic heterocycles. The van der Waals surface area contributed by atoms with E-state index in [0.29, 0.717) is 34.2 Å². The Labute approximate surface area is 185 Å². The van der Waals surface area contributed by atoms with Crippen molar-refractivity contribution in [2.24, 2.45) is 0 Å². The monoisotopic (exact) mass is 469 g/mol. The first kappa shape index (κ1) is 21.4. The topological polar surface area (TPSA) is 72.9 Å². The van der Waals surface area contributed by atoms with Crippen molar-refractivity contribution < 1.29 is 22.7 Å². The number of methoxy groups -OCH3 is 1. The first-order valence-electron chi connectivity index (χ1n) is 9.51. The molecule has 2 aromatic carbocycles. The lowest BCUT2D eigenvalue weighted by atomic mass is 9.82. The molecule has 0 amide bonds. The Hall–Kier alpha value is -1.80. The Morgan fingerprint density at radius 2 is 1.80 bits per heavy atom. The Morgan fingerprint density at radius 1 is 1.10 bits per heavy atom. The van der Waals surface area contributed by atoms with Crippen LogP contribution in [-0.2, 0) is 10.0 Å². The van der Waals surface area contributed by atoms with Crippen molar-refractivity contribution in [3.05, 3.63) is 51.5 Å². The smallest absolute Gasteiger partial charge is 0.246 e. The Balaban J connectivity index is 1.58. The average Bonchev–Trinajstić information content (AvgIpc) is 2.69. The lowest BCUT2D eigenvalue weighted by molar-refractivity contribution is 0.00535. The number of carbonyl (C=O) groups excluding carboxylic acids is 1. The van der Waals surface area contributed by atoms with Gasteiger partial charge in [0.1, 0.15) is 22.0 Å². The van der Waals surface area contributed by atoms with Gasteiger partial charge >= 0.3 is 0 Å². The number of halogens is 2. The summed E-state index contributed by atoms with van der Waals surface area (Å²) in [7, 11) is -2.39. The summed E-state index contributed by atoms with van der Waals surface area (Å²) in [5.41, 5.74) is 0.570. The van der Waals surface area contributed by atoms with Gasteiger partial charge in [-0.05, 0) is 42.8 Å². The van der Waals surface area contributed by atoms with E-state index in [-0.39, 0.29) is 35.9 Å². The molecular weight excluding hydrogens is 449 g/mol. The minimum Gasteiger partial charge on any atom is -0.495 e. The van der Waals surface area contributed by atoms with Crippen LogP contribution in [0.3, 0.4) is 0 Å². The molecule has 0 radical (unpaired) electrons. The maximum Gasteiger partial charge on any atom is 0.246 e.